The van der Waals surface area contributed by atoms with Crippen LogP contribution in [-0.4, -0.2) is 11.0 Å². The molecule has 0 aliphatic heterocycles. The second-order valence-electron chi connectivity index (χ2n) is 4.34. The zero-order chi connectivity index (χ0) is 13.1. The highest BCUT2D eigenvalue weighted by molar-refractivity contribution is 6.05. The summed E-state index contributed by atoms with van der Waals surface area (Å²) in [6, 6.07) is 12.4. The van der Waals surface area contributed by atoms with Crippen molar-refractivity contribution >= 4 is 11.6 Å². The summed E-state index contributed by atoms with van der Waals surface area (Å²) in [5.74, 6) is -0.152. The minimum Gasteiger partial charge on any atom is -0.506 e. The molecule has 18 heavy (non-hydrogen) atoms. The van der Waals surface area contributed by atoms with Crippen molar-refractivity contribution in [3.05, 3.63) is 59.2 Å². The molecule has 0 radical (unpaired) electrons. The van der Waals surface area contributed by atoms with Crippen LogP contribution < -0.4 is 5.32 Å². The fourth-order valence-electron chi connectivity index (χ4n) is 1.73. The van der Waals surface area contributed by atoms with Gasteiger partial charge in [-0.2, -0.15) is 0 Å². The molecule has 3 nitrogen and oxygen atoms in total. The lowest BCUT2D eigenvalue weighted by Crippen LogP contribution is -2.12. The van der Waals surface area contributed by atoms with E-state index in [2.05, 4.69) is 5.32 Å². The molecular weight excluding hydrogens is 226 g/mol. The summed E-state index contributed by atoms with van der Waals surface area (Å²) in [6.45, 7) is 3.84. The maximum atomic E-state index is 12.0. The van der Waals surface area contributed by atoms with Crippen molar-refractivity contribution < 1.29 is 9.90 Å². The van der Waals surface area contributed by atoms with Crippen molar-refractivity contribution in [2.75, 3.05) is 5.32 Å². The van der Waals surface area contributed by atoms with Gasteiger partial charge in [0.25, 0.3) is 5.91 Å². The fourth-order valence-corrected chi connectivity index (χ4v) is 1.73. The number of hydrogen-bond donors (Lipinski definition) is 2. The van der Waals surface area contributed by atoms with E-state index in [1.54, 1.807) is 24.3 Å². The Morgan fingerprint density at radius 3 is 2.50 bits per heavy atom. The van der Waals surface area contributed by atoms with Crippen molar-refractivity contribution in [2.24, 2.45) is 0 Å². The van der Waals surface area contributed by atoms with Crippen molar-refractivity contribution in [1.29, 1.82) is 0 Å². The monoisotopic (exact) mass is 241 g/mol. The molecule has 3 heteroatoms. The van der Waals surface area contributed by atoms with E-state index in [1.165, 1.54) is 0 Å². The Morgan fingerprint density at radius 2 is 1.78 bits per heavy atom. The largest absolute Gasteiger partial charge is 0.506 e. The Morgan fingerprint density at radius 1 is 1.06 bits per heavy atom. The van der Waals surface area contributed by atoms with E-state index < -0.39 is 0 Å². The summed E-state index contributed by atoms with van der Waals surface area (Å²) in [5.41, 5.74) is 3.01. The van der Waals surface area contributed by atoms with Crippen LogP contribution in [0.3, 0.4) is 0 Å². The summed E-state index contributed by atoms with van der Waals surface area (Å²) in [6.07, 6.45) is 0. The summed E-state index contributed by atoms with van der Waals surface area (Å²) in [4.78, 5) is 12.0. The Hall–Kier alpha value is -2.29. The zero-order valence-electron chi connectivity index (χ0n) is 10.4. The predicted octanol–water partition coefficient (Wildman–Crippen LogP) is 3.26. The highest BCUT2D eigenvalue weighted by Crippen LogP contribution is 2.24. The molecule has 2 N–H and O–H groups in total. The van der Waals surface area contributed by atoms with E-state index in [0.717, 1.165) is 11.1 Å². The normalized spacial score (nSPS) is 10.1. The van der Waals surface area contributed by atoms with Crippen molar-refractivity contribution in [3.63, 3.8) is 0 Å². The number of carbonyl (C=O) groups is 1. The number of phenolic OH excluding ortho intramolecular Hbond substituents is 1. The fraction of sp³-hybridized carbons (Fsp3) is 0.133. The number of nitrogens with one attached hydrogen (secondary N) is 1. The van der Waals surface area contributed by atoms with Crippen molar-refractivity contribution in [3.8, 4) is 5.75 Å². The molecule has 0 bridgehead atoms. The summed E-state index contributed by atoms with van der Waals surface area (Å²) >= 11 is 0. The highest BCUT2D eigenvalue weighted by atomic mass is 16.3. The molecule has 2 aromatic carbocycles. The van der Waals surface area contributed by atoms with Gasteiger partial charge in [-0.15, -0.1) is 0 Å². The standard InChI is InChI=1S/C15H15NO2/c1-10-4-3-5-12(8-10)15(18)16-13-9-11(2)6-7-14(13)17/h3-9,17H,1-2H3,(H,16,18). The Kier molecular flexibility index (Phi) is 3.33. The molecule has 0 aliphatic rings. The number of amides is 1. The zero-order valence-corrected chi connectivity index (χ0v) is 10.4. The number of phenols is 1. The molecule has 0 aromatic heterocycles. The van der Waals surface area contributed by atoms with E-state index in [4.69, 9.17) is 0 Å². The van der Waals surface area contributed by atoms with Gasteiger partial charge in [0, 0.05) is 5.56 Å². The van der Waals surface area contributed by atoms with Crippen molar-refractivity contribution in [2.45, 2.75) is 13.8 Å². The van der Waals surface area contributed by atoms with E-state index in [0.29, 0.717) is 11.3 Å². The molecule has 0 atom stereocenters. The SMILES string of the molecule is Cc1cccc(C(=O)Nc2cc(C)ccc2O)c1. The van der Waals surface area contributed by atoms with Gasteiger partial charge in [-0.3, -0.25) is 4.79 Å². The third-order valence-corrected chi connectivity index (χ3v) is 2.68. The van der Waals surface area contributed by atoms with Crippen LogP contribution in [0, 0.1) is 13.8 Å². The topological polar surface area (TPSA) is 49.3 Å². The first-order valence-corrected chi connectivity index (χ1v) is 5.74. The van der Waals surface area contributed by atoms with Gasteiger partial charge in [0.05, 0.1) is 5.69 Å². The molecule has 0 fully saturated rings. The van der Waals surface area contributed by atoms with Crippen LogP contribution in [-0.2, 0) is 0 Å². The first kappa shape index (κ1) is 12.2. The van der Waals surface area contributed by atoms with Crippen LogP contribution in [0.5, 0.6) is 5.75 Å². The highest BCUT2D eigenvalue weighted by Gasteiger charge is 2.08. The molecule has 0 aliphatic carbocycles. The van der Waals surface area contributed by atoms with Crippen LogP contribution in [0.2, 0.25) is 0 Å². The maximum absolute atomic E-state index is 12.0. The van der Waals surface area contributed by atoms with Gasteiger partial charge in [-0.1, -0.05) is 23.8 Å². The third-order valence-electron chi connectivity index (χ3n) is 2.68. The number of benzene rings is 2. The quantitative estimate of drug-likeness (QED) is 0.793. The van der Waals surface area contributed by atoms with Crippen molar-refractivity contribution in [1.82, 2.24) is 0 Å². The molecule has 2 aromatic rings. The molecule has 0 heterocycles. The smallest absolute Gasteiger partial charge is 0.255 e. The van der Waals surface area contributed by atoms with Crippen LogP contribution in [0.25, 0.3) is 0 Å². The lowest BCUT2D eigenvalue weighted by molar-refractivity contribution is 0.102. The van der Waals surface area contributed by atoms with E-state index >= 15 is 0 Å². The molecule has 2 rings (SSSR count). The lowest BCUT2D eigenvalue weighted by atomic mass is 10.1. The number of hydrogen-bond acceptors (Lipinski definition) is 2. The summed E-state index contributed by atoms with van der Waals surface area (Å²) in [5, 5.41) is 12.4. The lowest BCUT2D eigenvalue weighted by Gasteiger charge is -2.08. The van der Waals surface area contributed by atoms with Gasteiger partial charge >= 0.3 is 0 Å². The second kappa shape index (κ2) is 4.92. The molecule has 0 saturated carbocycles. The number of anilines is 1. The van der Waals surface area contributed by atoms with Gasteiger partial charge < -0.3 is 10.4 Å². The first-order valence-electron chi connectivity index (χ1n) is 5.74. The van der Waals surface area contributed by atoms with Gasteiger partial charge in [-0.25, -0.2) is 0 Å². The minimum absolute atomic E-state index is 0.0709. The Balaban J connectivity index is 2.24. The second-order valence-corrected chi connectivity index (χ2v) is 4.34. The number of carbonyl (C=O) groups excluding carboxylic acids is 1. The number of aromatic hydroxyl groups is 1. The van der Waals surface area contributed by atoms with Gasteiger partial charge in [0.2, 0.25) is 0 Å². The van der Waals surface area contributed by atoms with Gasteiger partial charge in [-0.05, 0) is 43.7 Å². The van der Waals surface area contributed by atoms with Gasteiger partial charge in [0.15, 0.2) is 0 Å². The predicted molar refractivity (Wildman–Crippen MR) is 72.0 cm³/mol. The molecular formula is C15H15NO2. The average Bonchev–Trinajstić information content (AvgIpc) is 2.34. The number of rotatable bonds is 2. The summed E-state index contributed by atoms with van der Waals surface area (Å²) < 4.78 is 0. The van der Waals surface area contributed by atoms with Gasteiger partial charge in [0.1, 0.15) is 5.75 Å². The van der Waals surface area contributed by atoms with E-state index in [1.807, 2.05) is 32.0 Å². The Labute approximate surface area is 106 Å². The molecule has 0 spiro atoms. The van der Waals surface area contributed by atoms with Crippen LogP contribution in [0.4, 0.5) is 5.69 Å². The summed E-state index contributed by atoms with van der Waals surface area (Å²) in [7, 11) is 0. The maximum Gasteiger partial charge on any atom is 0.255 e. The van der Waals surface area contributed by atoms with E-state index in [9.17, 15) is 9.90 Å². The molecule has 0 unspecified atom stereocenters. The van der Waals surface area contributed by atoms with Crippen LogP contribution >= 0.6 is 0 Å². The Bertz CT molecular complexity index is 591. The third kappa shape index (κ3) is 2.69. The van der Waals surface area contributed by atoms with E-state index in [-0.39, 0.29) is 11.7 Å². The molecule has 92 valence electrons. The van der Waals surface area contributed by atoms with Crippen LogP contribution in [0.1, 0.15) is 21.5 Å². The number of aryl methyl sites for hydroxylation is 2. The minimum atomic E-state index is -0.223. The van der Waals surface area contributed by atoms with Crippen LogP contribution in [0.15, 0.2) is 42.5 Å². The average molecular weight is 241 g/mol. The first-order chi connectivity index (χ1) is 8.56. The molecule has 1 amide bonds. The molecule has 0 saturated heterocycles.